The van der Waals surface area contributed by atoms with E-state index in [1.54, 1.807) is 13.0 Å². The van der Waals surface area contributed by atoms with Gasteiger partial charge < -0.3 is 19.4 Å². The van der Waals surface area contributed by atoms with E-state index in [-0.39, 0.29) is 5.82 Å². The normalized spacial score (nSPS) is 22.3. The SMILES string of the molecule is CC.Cc1cc(C2=CCC(N3CCN(C4=C(Cl)CC=CC=N4)CCC3C)=NC(N3CCOCC3)=N2)ccc1F. The minimum absolute atomic E-state index is 0.209. The molecule has 5 rings (SSSR count). The molecule has 0 N–H and O–H groups in total. The van der Waals surface area contributed by atoms with Crippen LogP contribution in [0.15, 0.2) is 62.3 Å². The van der Waals surface area contributed by atoms with E-state index in [4.69, 9.17) is 26.3 Å². The lowest BCUT2D eigenvalue weighted by Gasteiger charge is -2.31. The van der Waals surface area contributed by atoms with Crippen molar-refractivity contribution in [3.8, 4) is 0 Å². The van der Waals surface area contributed by atoms with Crippen molar-refractivity contribution in [2.24, 2.45) is 15.0 Å². The Morgan fingerprint density at radius 2 is 1.79 bits per heavy atom. The largest absolute Gasteiger partial charge is 0.378 e. The number of aryl methyl sites for hydroxylation is 1. The summed E-state index contributed by atoms with van der Waals surface area (Å²) in [5.41, 5.74) is 2.33. The van der Waals surface area contributed by atoms with Crippen LogP contribution in [0.1, 0.15) is 51.2 Å². The first-order valence-electron chi connectivity index (χ1n) is 14.0. The van der Waals surface area contributed by atoms with Crippen LogP contribution in [0.2, 0.25) is 0 Å². The average Bonchev–Trinajstić information content (AvgIpc) is 3.40. The number of benzene rings is 1. The zero-order valence-corrected chi connectivity index (χ0v) is 24.3. The predicted octanol–water partition coefficient (Wildman–Crippen LogP) is 5.83. The monoisotopic (exact) mass is 554 g/mol. The summed E-state index contributed by atoms with van der Waals surface area (Å²) in [4.78, 5) is 21.6. The molecule has 1 atom stereocenters. The lowest BCUT2D eigenvalue weighted by Crippen LogP contribution is -2.43. The number of halogens is 2. The summed E-state index contributed by atoms with van der Waals surface area (Å²) in [6, 6.07) is 5.47. The lowest BCUT2D eigenvalue weighted by molar-refractivity contribution is 0.0676. The first-order valence-corrected chi connectivity index (χ1v) is 14.4. The molecule has 4 aliphatic heterocycles. The van der Waals surface area contributed by atoms with E-state index in [9.17, 15) is 4.39 Å². The highest BCUT2D eigenvalue weighted by Crippen LogP contribution is 2.27. The number of aliphatic imine (C=N–C) groups is 3. The van der Waals surface area contributed by atoms with Gasteiger partial charge in [-0.25, -0.2) is 14.4 Å². The molecule has 9 heteroatoms. The van der Waals surface area contributed by atoms with Gasteiger partial charge in [-0.3, -0.25) is 0 Å². The van der Waals surface area contributed by atoms with Crippen LogP contribution in [0.25, 0.3) is 5.70 Å². The molecule has 0 saturated carbocycles. The highest BCUT2D eigenvalue weighted by molar-refractivity contribution is 6.30. The zero-order valence-electron chi connectivity index (χ0n) is 23.5. The van der Waals surface area contributed by atoms with E-state index >= 15 is 0 Å². The van der Waals surface area contributed by atoms with Gasteiger partial charge in [-0.2, -0.15) is 4.99 Å². The second-order valence-corrected chi connectivity index (χ2v) is 10.2. The molecular formula is C30H40ClFN6O. The number of morpholine rings is 1. The number of nitrogens with zero attached hydrogens (tertiary/aromatic N) is 6. The topological polar surface area (TPSA) is 56.0 Å². The maximum Gasteiger partial charge on any atom is 0.227 e. The van der Waals surface area contributed by atoms with Crippen molar-refractivity contribution in [1.82, 2.24) is 14.7 Å². The fourth-order valence-electron chi connectivity index (χ4n) is 5.02. The minimum Gasteiger partial charge on any atom is -0.378 e. The van der Waals surface area contributed by atoms with Gasteiger partial charge in [0.05, 0.1) is 23.9 Å². The van der Waals surface area contributed by atoms with Crippen LogP contribution in [-0.2, 0) is 4.74 Å². The quantitative estimate of drug-likeness (QED) is 0.462. The van der Waals surface area contributed by atoms with Gasteiger partial charge in [0, 0.05) is 63.4 Å². The second kappa shape index (κ2) is 13.9. The number of ether oxygens (including phenoxy) is 1. The van der Waals surface area contributed by atoms with Gasteiger partial charge >= 0.3 is 0 Å². The molecule has 4 heterocycles. The van der Waals surface area contributed by atoms with Gasteiger partial charge in [-0.15, -0.1) is 0 Å². The van der Waals surface area contributed by atoms with Crippen molar-refractivity contribution in [3.63, 3.8) is 0 Å². The van der Waals surface area contributed by atoms with Crippen molar-refractivity contribution < 1.29 is 9.13 Å². The maximum absolute atomic E-state index is 14.0. The van der Waals surface area contributed by atoms with Crippen molar-refractivity contribution in [3.05, 3.63) is 64.2 Å². The number of allylic oxidation sites excluding steroid dienone is 3. The predicted molar refractivity (Wildman–Crippen MR) is 160 cm³/mol. The summed E-state index contributed by atoms with van der Waals surface area (Å²) in [6.45, 7) is 13.3. The molecule has 0 spiro atoms. The summed E-state index contributed by atoms with van der Waals surface area (Å²) in [5, 5.41) is 0.779. The Labute approximate surface area is 237 Å². The van der Waals surface area contributed by atoms with Crippen LogP contribution in [0.4, 0.5) is 4.39 Å². The van der Waals surface area contributed by atoms with Crippen LogP contribution in [0.5, 0.6) is 0 Å². The highest BCUT2D eigenvalue weighted by atomic mass is 35.5. The standard InChI is InChI=1S/C28H34ClFN6O.C2H6/c1-20-19-22(6-7-24(20)30)25-8-9-26(33-28(32-25)35-15-17-37-18-16-35)36-14-13-34(12-10-21(36)2)27-23(29)5-3-4-11-31-27;1-2/h3-4,6-8,11,19,21H,5,9-10,12-18H2,1-2H3;1-2H3. The van der Waals surface area contributed by atoms with Gasteiger partial charge in [-0.1, -0.05) is 37.6 Å². The summed E-state index contributed by atoms with van der Waals surface area (Å²) in [5.74, 6) is 2.36. The first-order chi connectivity index (χ1) is 19.0. The molecule has 0 bridgehead atoms. The smallest absolute Gasteiger partial charge is 0.227 e. The van der Waals surface area contributed by atoms with E-state index in [2.05, 4.69) is 32.7 Å². The van der Waals surface area contributed by atoms with Crippen molar-refractivity contribution in [1.29, 1.82) is 0 Å². The molecule has 2 saturated heterocycles. The Bertz CT molecular complexity index is 1200. The molecule has 1 unspecified atom stereocenters. The summed E-state index contributed by atoms with van der Waals surface area (Å²) < 4.78 is 19.6. The van der Waals surface area contributed by atoms with Gasteiger partial charge in [0.25, 0.3) is 0 Å². The molecule has 0 radical (unpaired) electrons. The van der Waals surface area contributed by atoms with Crippen molar-refractivity contribution in [2.75, 3.05) is 45.9 Å². The van der Waals surface area contributed by atoms with Crippen LogP contribution >= 0.6 is 11.6 Å². The van der Waals surface area contributed by atoms with E-state index in [0.29, 0.717) is 43.6 Å². The second-order valence-electron chi connectivity index (χ2n) is 9.75. The summed E-state index contributed by atoms with van der Waals surface area (Å²) >= 11 is 6.59. The van der Waals surface area contributed by atoms with E-state index in [1.165, 1.54) is 6.07 Å². The van der Waals surface area contributed by atoms with E-state index < -0.39 is 0 Å². The molecule has 0 aliphatic carbocycles. The molecular weight excluding hydrogens is 515 g/mol. The van der Waals surface area contributed by atoms with E-state index in [0.717, 1.165) is 67.1 Å². The molecule has 39 heavy (non-hydrogen) atoms. The maximum atomic E-state index is 14.0. The zero-order chi connectivity index (χ0) is 27.8. The molecule has 1 aromatic carbocycles. The van der Waals surface area contributed by atoms with Crippen LogP contribution in [0, 0.1) is 12.7 Å². The van der Waals surface area contributed by atoms with E-state index in [1.807, 2.05) is 38.3 Å². The Hall–Kier alpha value is -2.97. The van der Waals surface area contributed by atoms with Gasteiger partial charge in [0.1, 0.15) is 17.5 Å². The van der Waals surface area contributed by atoms with Crippen LogP contribution in [-0.4, -0.2) is 84.7 Å². The molecule has 2 fully saturated rings. The van der Waals surface area contributed by atoms with Crippen molar-refractivity contribution in [2.45, 2.75) is 53.0 Å². The highest BCUT2D eigenvalue weighted by Gasteiger charge is 2.27. The number of rotatable bonds is 2. The fourth-order valence-corrected chi connectivity index (χ4v) is 5.27. The fraction of sp³-hybridized carbons (Fsp3) is 0.500. The van der Waals surface area contributed by atoms with Gasteiger partial charge in [-0.05, 0) is 50.1 Å². The third-order valence-electron chi connectivity index (χ3n) is 7.22. The Morgan fingerprint density at radius 1 is 1.00 bits per heavy atom. The first kappa shape index (κ1) is 29.0. The number of guanidine groups is 1. The number of hydrogen-bond acceptors (Lipinski definition) is 7. The number of amidine groups is 1. The summed E-state index contributed by atoms with van der Waals surface area (Å²) in [6.07, 6.45) is 10.2. The molecule has 0 aromatic heterocycles. The molecule has 0 amide bonds. The van der Waals surface area contributed by atoms with Crippen LogP contribution < -0.4 is 0 Å². The lowest BCUT2D eigenvalue weighted by atomic mass is 10.1. The number of hydrogen-bond donors (Lipinski definition) is 0. The average molecular weight is 555 g/mol. The molecule has 7 nitrogen and oxygen atoms in total. The third-order valence-corrected chi connectivity index (χ3v) is 7.55. The van der Waals surface area contributed by atoms with Gasteiger partial charge in [0.2, 0.25) is 5.96 Å². The molecule has 210 valence electrons. The Morgan fingerprint density at radius 3 is 2.56 bits per heavy atom. The van der Waals surface area contributed by atoms with Gasteiger partial charge in [0.15, 0.2) is 0 Å². The summed E-state index contributed by atoms with van der Waals surface area (Å²) in [7, 11) is 0. The molecule has 1 aromatic rings. The minimum atomic E-state index is -0.209. The third kappa shape index (κ3) is 7.17. The van der Waals surface area contributed by atoms with Crippen LogP contribution in [0.3, 0.4) is 0 Å². The Balaban J connectivity index is 0.00000172. The van der Waals surface area contributed by atoms with Crippen molar-refractivity contribution >= 4 is 35.3 Å². The Kier molecular flexibility index (Phi) is 10.3. The molecule has 4 aliphatic rings.